The van der Waals surface area contributed by atoms with Crippen molar-refractivity contribution < 1.29 is 24.1 Å². The average molecular weight is 432 g/mol. The topological polar surface area (TPSA) is 68.2 Å². The first kappa shape index (κ1) is 27.3. The monoisotopic (exact) mass is 431 g/mol. The van der Waals surface area contributed by atoms with Gasteiger partial charge in [0, 0.05) is 5.56 Å². The molecule has 0 unspecified atom stereocenters. The molecule has 1 rings (SSSR count). The number of unbranched alkanes of at least 4 members (excludes halogenated alkanes) is 5. The van der Waals surface area contributed by atoms with Crippen molar-refractivity contribution in [3.8, 4) is 17.2 Å². The van der Waals surface area contributed by atoms with Crippen molar-refractivity contribution in [1.82, 2.24) is 4.90 Å². The molecule has 0 radical (unpaired) electrons. The van der Waals surface area contributed by atoms with Gasteiger partial charge in [0.25, 0.3) is 0 Å². The molecule has 0 atom stereocenters. The average Bonchev–Trinajstić information content (AvgIpc) is 2.71. The molecule has 1 aromatic rings. The number of ether oxygens (including phenoxy) is 3. The Morgan fingerprint density at radius 3 is 1.93 bits per heavy atom. The summed E-state index contributed by atoms with van der Waals surface area (Å²) in [5.74, 6) is 0.291. The van der Waals surface area contributed by atoms with E-state index in [-0.39, 0.29) is 18.0 Å². The van der Waals surface area contributed by atoms with Crippen molar-refractivity contribution >= 4 is 18.4 Å². The maximum atomic E-state index is 11.7. The van der Waals surface area contributed by atoms with Crippen molar-refractivity contribution in [2.24, 2.45) is 0 Å². The third-order valence-corrected chi connectivity index (χ3v) is 5.21. The Labute approximate surface area is 181 Å². The lowest BCUT2D eigenvalue weighted by Crippen LogP contribution is -2.23. The zero-order valence-corrected chi connectivity index (χ0v) is 19.4. The summed E-state index contributed by atoms with van der Waals surface area (Å²) in [6.07, 6.45) is 7.51. The van der Waals surface area contributed by atoms with E-state index in [4.69, 9.17) is 14.2 Å². The van der Waals surface area contributed by atoms with Crippen LogP contribution < -0.4 is 14.2 Å². The number of hydrogen-bond acceptors (Lipinski definition) is 5. The van der Waals surface area contributed by atoms with E-state index in [0.29, 0.717) is 29.2 Å². The Balaban J connectivity index is 0.00000784. The maximum absolute atomic E-state index is 11.7. The van der Waals surface area contributed by atoms with Crippen molar-refractivity contribution in [1.29, 1.82) is 0 Å². The Hall–Kier alpha value is -1.66. The molecular weight excluding hydrogens is 394 g/mol. The van der Waals surface area contributed by atoms with E-state index in [1.807, 2.05) is 0 Å². The van der Waals surface area contributed by atoms with Gasteiger partial charge in [-0.2, -0.15) is 0 Å². The van der Waals surface area contributed by atoms with Crippen LogP contribution in [-0.4, -0.2) is 56.9 Å². The van der Waals surface area contributed by atoms with Gasteiger partial charge in [-0.05, 0) is 45.0 Å². The highest BCUT2D eigenvalue weighted by Gasteiger charge is 2.23. The summed E-state index contributed by atoms with van der Waals surface area (Å²) in [7, 11) is 4.55. The van der Waals surface area contributed by atoms with E-state index in [9.17, 15) is 9.90 Å². The van der Waals surface area contributed by atoms with Gasteiger partial charge in [-0.1, -0.05) is 39.5 Å². The molecule has 0 aliphatic carbocycles. The van der Waals surface area contributed by atoms with Gasteiger partial charge in [0.15, 0.2) is 11.5 Å². The fourth-order valence-corrected chi connectivity index (χ4v) is 3.54. The Morgan fingerprint density at radius 2 is 1.45 bits per heavy atom. The SMILES string of the molecule is CCN(CC)CCCCCCCCc1c(C(=O)O)cc(OC)c(OC)c1OC.Cl. The highest BCUT2D eigenvalue weighted by atomic mass is 35.5. The molecule has 168 valence electrons. The van der Waals surface area contributed by atoms with E-state index in [0.717, 1.165) is 32.4 Å². The minimum Gasteiger partial charge on any atom is -0.493 e. The van der Waals surface area contributed by atoms with E-state index >= 15 is 0 Å². The van der Waals surface area contributed by atoms with E-state index in [1.165, 1.54) is 53.2 Å². The first-order valence-electron chi connectivity index (χ1n) is 10.3. The summed E-state index contributed by atoms with van der Waals surface area (Å²) in [5, 5.41) is 9.60. The molecule has 1 N–H and O–H groups in total. The van der Waals surface area contributed by atoms with Crippen LogP contribution in [0.3, 0.4) is 0 Å². The number of rotatable bonds is 15. The fraction of sp³-hybridized carbons (Fsp3) is 0.682. The van der Waals surface area contributed by atoms with Gasteiger partial charge >= 0.3 is 5.97 Å². The molecule has 0 fully saturated rings. The lowest BCUT2D eigenvalue weighted by atomic mass is 9.98. The largest absolute Gasteiger partial charge is 0.493 e. The first-order valence-corrected chi connectivity index (χ1v) is 10.3. The molecule has 0 spiro atoms. The Kier molecular flexibility index (Phi) is 14.3. The van der Waals surface area contributed by atoms with Crippen LogP contribution in [0.4, 0.5) is 0 Å². The van der Waals surface area contributed by atoms with Gasteiger partial charge in [-0.15, -0.1) is 12.4 Å². The number of aromatic carboxylic acids is 1. The van der Waals surface area contributed by atoms with Gasteiger partial charge in [-0.3, -0.25) is 0 Å². The van der Waals surface area contributed by atoms with Crippen molar-refractivity contribution in [2.45, 2.75) is 58.8 Å². The van der Waals surface area contributed by atoms with Crippen LogP contribution in [0.1, 0.15) is 68.3 Å². The molecule has 0 bridgehead atoms. The molecule has 29 heavy (non-hydrogen) atoms. The normalized spacial score (nSPS) is 10.6. The van der Waals surface area contributed by atoms with Crippen LogP contribution >= 0.6 is 12.4 Å². The van der Waals surface area contributed by atoms with Crippen LogP contribution in [-0.2, 0) is 6.42 Å². The zero-order valence-electron chi connectivity index (χ0n) is 18.6. The number of nitrogens with zero attached hydrogens (tertiary/aromatic N) is 1. The maximum Gasteiger partial charge on any atom is 0.336 e. The quantitative estimate of drug-likeness (QED) is 0.391. The van der Waals surface area contributed by atoms with Gasteiger partial charge < -0.3 is 24.2 Å². The summed E-state index contributed by atoms with van der Waals surface area (Å²) in [6, 6.07) is 1.52. The third-order valence-electron chi connectivity index (χ3n) is 5.21. The highest BCUT2D eigenvalue weighted by Crippen LogP contribution is 2.42. The van der Waals surface area contributed by atoms with Crippen LogP contribution in [0.25, 0.3) is 0 Å². The van der Waals surface area contributed by atoms with E-state index < -0.39 is 5.97 Å². The third kappa shape index (κ3) is 8.31. The molecule has 1 aromatic carbocycles. The molecule has 0 saturated heterocycles. The molecule has 0 aliphatic rings. The van der Waals surface area contributed by atoms with Crippen molar-refractivity contribution in [2.75, 3.05) is 41.0 Å². The summed E-state index contributed by atoms with van der Waals surface area (Å²) in [4.78, 5) is 14.2. The molecular formula is C22H38ClNO5. The summed E-state index contributed by atoms with van der Waals surface area (Å²) >= 11 is 0. The van der Waals surface area contributed by atoms with Crippen LogP contribution in [0.5, 0.6) is 17.2 Å². The van der Waals surface area contributed by atoms with Gasteiger partial charge in [0.2, 0.25) is 5.75 Å². The number of hydrogen-bond donors (Lipinski definition) is 1. The molecule has 0 amide bonds. The van der Waals surface area contributed by atoms with Crippen molar-refractivity contribution in [3.05, 3.63) is 17.2 Å². The second kappa shape index (κ2) is 15.2. The molecule has 0 heterocycles. The number of halogens is 1. The predicted octanol–water partition coefficient (Wildman–Crippen LogP) is 5.06. The van der Waals surface area contributed by atoms with Gasteiger partial charge in [-0.25, -0.2) is 4.79 Å². The molecule has 0 aliphatic heterocycles. The summed E-state index contributed by atoms with van der Waals surface area (Å²) in [5.41, 5.74) is 0.892. The first-order chi connectivity index (χ1) is 13.5. The van der Waals surface area contributed by atoms with Crippen LogP contribution in [0.15, 0.2) is 6.07 Å². The van der Waals surface area contributed by atoms with Gasteiger partial charge in [0.1, 0.15) is 0 Å². The second-order valence-electron chi connectivity index (χ2n) is 6.87. The summed E-state index contributed by atoms with van der Waals surface area (Å²) < 4.78 is 16.1. The molecule has 0 aromatic heterocycles. The zero-order chi connectivity index (χ0) is 20.9. The minimum absolute atomic E-state index is 0. The summed E-state index contributed by atoms with van der Waals surface area (Å²) in [6.45, 7) is 7.83. The Bertz CT molecular complexity index is 605. The van der Waals surface area contributed by atoms with E-state index in [1.54, 1.807) is 0 Å². The van der Waals surface area contributed by atoms with E-state index in [2.05, 4.69) is 18.7 Å². The number of carbonyl (C=O) groups is 1. The molecule has 6 nitrogen and oxygen atoms in total. The smallest absolute Gasteiger partial charge is 0.336 e. The molecule has 0 saturated carbocycles. The lowest BCUT2D eigenvalue weighted by Gasteiger charge is -2.18. The second-order valence-corrected chi connectivity index (χ2v) is 6.87. The number of carboxylic acids is 1. The predicted molar refractivity (Wildman–Crippen MR) is 119 cm³/mol. The fourth-order valence-electron chi connectivity index (χ4n) is 3.54. The Morgan fingerprint density at radius 1 is 0.897 bits per heavy atom. The lowest BCUT2D eigenvalue weighted by molar-refractivity contribution is 0.0694. The minimum atomic E-state index is -0.981. The van der Waals surface area contributed by atoms with Crippen LogP contribution in [0, 0.1) is 0 Å². The number of carboxylic acid groups (broad SMARTS) is 1. The van der Waals surface area contributed by atoms with Gasteiger partial charge in [0.05, 0.1) is 26.9 Å². The number of methoxy groups -OCH3 is 3. The standard InChI is InChI=1S/C22H37NO5.ClH/c1-6-23(7-2)15-13-11-9-8-10-12-14-17-18(22(24)25)16-19(26-3)21(28-5)20(17)27-4;/h16H,6-15H2,1-5H3,(H,24,25);1H. The number of benzene rings is 1. The van der Waals surface area contributed by atoms with Crippen LogP contribution in [0.2, 0.25) is 0 Å². The van der Waals surface area contributed by atoms with Crippen molar-refractivity contribution in [3.63, 3.8) is 0 Å². The highest BCUT2D eigenvalue weighted by molar-refractivity contribution is 5.92. The molecule has 7 heteroatoms.